The molecule has 2 N–H and O–H groups in total. The molecule has 3 rings (SSSR count). The highest BCUT2D eigenvalue weighted by molar-refractivity contribution is 8.00. The quantitative estimate of drug-likeness (QED) is 0.889. The van der Waals surface area contributed by atoms with E-state index in [0.29, 0.717) is 22.0 Å². The number of hydrogen-bond acceptors (Lipinski definition) is 3. The molecule has 0 bridgehead atoms. The number of carbonyl (C=O) groups excluding carboxylic acids is 2. The van der Waals surface area contributed by atoms with E-state index in [1.807, 2.05) is 12.1 Å². The van der Waals surface area contributed by atoms with Gasteiger partial charge in [-0.25, -0.2) is 0 Å². The van der Waals surface area contributed by atoms with Crippen molar-refractivity contribution in [3.63, 3.8) is 0 Å². The van der Waals surface area contributed by atoms with Gasteiger partial charge in [-0.05, 0) is 36.4 Å². The third kappa shape index (κ3) is 3.20. The van der Waals surface area contributed by atoms with E-state index in [0.717, 1.165) is 10.6 Å². The number of halogens is 1. The molecule has 2 aromatic carbocycles. The smallest absolute Gasteiger partial charge is 0.255 e. The first kappa shape index (κ1) is 14.0. The molecule has 0 saturated heterocycles. The zero-order valence-electron chi connectivity index (χ0n) is 10.9. The molecule has 2 aromatic rings. The Hall–Kier alpha value is -1.98. The molecular weight excluding hydrogens is 308 g/mol. The van der Waals surface area contributed by atoms with E-state index in [1.165, 1.54) is 11.8 Å². The number of nitrogens with one attached hydrogen (secondary N) is 2. The minimum absolute atomic E-state index is 0.0363. The molecule has 0 radical (unpaired) electrons. The predicted molar refractivity (Wildman–Crippen MR) is 85.2 cm³/mol. The first-order valence-electron chi connectivity index (χ1n) is 6.25. The number of thioether (sulfide) groups is 1. The Morgan fingerprint density at radius 1 is 1.24 bits per heavy atom. The SMILES string of the molecule is O=C1CSc2ccc(NC(=O)c3cccc(Cl)c3)cc2N1. The first-order valence-corrected chi connectivity index (χ1v) is 7.62. The largest absolute Gasteiger partial charge is 0.324 e. The number of benzene rings is 2. The summed E-state index contributed by atoms with van der Waals surface area (Å²) in [7, 11) is 0. The lowest BCUT2D eigenvalue weighted by molar-refractivity contribution is -0.113. The van der Waals surface area contributed by atoms with Crippen LogP contribution in [0.3, 0.4) is 0 Å². The second-order valence-corrected chi connectivity index (χ2v) is 5.97. The number of anilines is 2. The molecule has 0 saturated carbocycles. The van der Waals surface area contributed by atoms with Gasteiger partial charge < -0.3 is 10.6 Å². The number of hydrogen-bond donors (Lipinski definition) is 2. The Bertz CT molecular complexity index is 733. The maximum Gasteiger partial charge on any atom is 0.255 e. The van der Waals surface area contributed by atoms with E-state index < -0.39 is 0 Å². The van der Waals surface area contributed by atoms with Crippen molar-refractivity contribution in [2.24, 2.45) is 0 Å². The highest BCUT2D eigenvalue weighted by atomic mass is 35.5. The lowest BCUT2D eigenvalue weighted by Crippen LogP contribution is -2.19. The molecule has 2 amide bonds. The molecule has 1 aliphatic rings. The predicted octanol–water partition coefficient (Wildman–Crippen LogP) is 3.64. The van der Waals surface area contributed by atoms with Gasteiger partial charge in [0.25, 0.3) is 5.91 Å². The fourth-order valence-corrected chi connectivity index (χ4v) is 2.97. The molecular formula is C15H11ClN2O2S. The van der Waals surface area contributed by atoms with Crippen molar-refractivity contribution >= 4 is 46.6 Å². The van der Waals surface area contributed by atoms with Gasteiger partial charge in [0.15, 0.2) is 0 Å². The lowest BCUT2D eigenvalue weighted by atomic mass is 10.2. The summed E-state index contributed by atoms with van der Waals surface area (Å²) in [5.41, 5.74) is 1.83. The van der Waals surface area contributed by atoms with Crippen LogP contribution in [0.5, 0.6) is 0 Å². The van der Waals surface area contributed by atoms with E-state index >= 15 is 0 Å². The van der Waals surface area contributed by atoms with Crippen molar-refractivity contribution in [1.82, 2.24) is 0 Å². The minimum Gasteiger partial charge on any atom is -0.324 e. The van der Waals surface area contributed by atoms with Crippen molar-refractivity contribution in [3.8, 4) is 0 Å². The fraction of sp³-hybridized carbons (Fsp3) is 0.0667. The average molecular weight is 319 g/mol. The summed E-state index contributed by atoms with van der Waals surface area (Å²) in [6.45, 7) is 0. The summed E-state index contributed by atoms with van der Waals surface area (Å²) >= 11 is 7.35. The van der Waals surface area contributed by atoms with Gasteiger partial charge in [-0.15, -0.1) is 11.8 Å². The third-order valence-corrected chi connectivity index (χ3v) is 4.27. The molecule has 0 atom stereocenters. The Kier molecular flexibility index (Phi) is 3.86. The zero-order chi connectivity index (χ0) is 14.8. The molecule has 4 nitrogen and oxygen atoms in total. The van der Waals surface area contributed by atoms with Gasteiger partial charge in [0.1, 0.15) is 0 Å². The van der Waals surface area contributed by atoms with Gasteiger partial charge in [0, 0.05) is 21.2 Å². The highest BCUT2D eigenvalue weighted by Crippen LogP contribution is 2.33. The van der Waals surface area contributed by atoms with Crippen LogP contribution in [0.2, 0.25) is 5.02 Å². The van der Waals surface area contributed by atoms with Crippen molar-refractivity contribution in [1.29, 1.82) is 0 Å². The summed E-state index contributed by atoms with van der Waals surface area (Å²) in [5, 5.41) is 6.09. The van der Waals surface area contributed by atoms with Crippen LogP contribution in [-0.4, -0.2) is 17.6 Å². The summed E-state index contributed by atoms with van der Waals surface area (Å²) in [6.07, 6.45) is 0. The van der Waals surface area contributed by atoms with E-state index in [1.54, 1.807) is 30.3 Å². The maximum atomic E-state index is 12.1. The second-order valence-electron chi connectivity index (χ2n) is 4.51. The molecule has 0 spiro atoms. The zero-order valence-corrected chi connectivity index (χ0v) is 12.4. The summed E-state index contributed by atoms with van der Waals surface area (Å²) in [4.78, 5) is 24.5. The second kappa shape index (κ2) is 5.79. The molecule has 0 aliphatic carbocycles. The van der Waals surface area contributed by atoms with Crippen LogP contribution in [0, 0.1) is 0 Å². The first-order chi connectivity index (χ1) is 10.1. The van der Waals surface area contributed by atoms with E-state index in [4.69, 9.17) is 11.6 Å². The van der Waals surface area contributed by atoms with E-state index in [2.05, 4.69) is 10.6 Å². The van der Waals surface area contributed by atoms with Gasteiger partial charge in [0.2, 0.25) is 5.91 Å². The Morgan fingerprint density at radius 2 is 2.10 bits per heavy atom. The average Bonchev–Trinajstić information content (AvgIpc) is 2.46. The van der Waals surface area contributed by atoms with Crippen molar-refractivity contribution in [2.45, 2.75) is 4.90 Å². The molecule has 106 valence electrons. The standard InChI is InChI=1S/C15H11ClN2O2S/c16-10-3-1-2-9(6-10)15(20)17-11-4-5-13-12(7-11)18-14(19)8-21-13/h1-7H,8H2,(H,17,20)(H,18,19). The van der Waals surface area contributed by atoms with Crippen molar-refractivity contribution < 1.29 is 9.59 Å². The summed E-state index contributed by atoms with van der Waals surface area (Å²) < 4.78 is 0. The highest BCUT2D eigenvalue weighted by Gasteiger charge is 2.16. The van der Waals surface area contributed by atoms with Gasteiger partial charge in [0.05, 0.1) is 11.4 Å². The van der Waals surface area contributed by atoms with Crippen LogP contribution >= 0.6 is 23.4 Å². The molecule has 0 fully saturated rings. The van der Waals surface area contributed by atoms with Gasteiger partial charge in [-0.1, -0.05) is 17.7 Å². The molecule has 0 aromatic heterocycles. The Balaban J connectivity index is 1.80. The van der Waals surface area contributed by atoms with E-state index in [-0.39, 0.29) is 11.8 Å². The summed E-state index contributed by atoms with van der Waals surface area (Å²) in [5.74, 6) is 0.138. The topological polar surface area (TPSA) is 58.2 Å². The van der Waals surface area contributed by atoms with Crippen LogP contribution in [0.15, 0.2) is 47.4 Å². The number of carbonyl (C=O) groups is 2. The van der Waals surface area contributed by atoms with Crippen LogP contribution in [0.1, 0.15) is 10.4 Å². The Labute approximate surface area is 130 Å². The lowest BCUT2D eigenvalue weighted by Gasteiger charge is -2.17. The van der Waals surface area contributed by atoms with Crippen LogP contribution in [0.25, 0.3) is 0 Å². The van der Waals surface area contributed by atoms with Gasteiger partial charge >= 0.3 is 0 Å². The summed E-state index contributed by atoms with van der Waals surface area (Å²) in [6, 6.07) is 12.2. The number of rotatable bonds is 2. The molecule has 0 unspecified atom stereocenters. The monoisotopic (exact) mass is 318 g/mol. The van der Waals surface area contributed by atoms with Crippen molar-refractivity contribution in [3.05, 3.63) is 53.1 Å². The Morgan fingerprint density at radius 3 is 2.90 bits per heavy atom. The normalized spacial score (nSPS) is 13.3. The molecule has 1 heterocycles. The van der Waals surface area contributed by atoms with Gasteiger partial charge in [-0.3, -0.25) is 9.59 Å². The van der Waals surface area contributed by atoms with Crippen molar-refractivity contribution in [2.75, 3.05) is 16.4 Å². The van der Waals surface area contributed by atoms with Gasteiger partial charge in [-0.2, -0.15) is 0 Å². The maximum absolute atomic E-state index is 12.1. The third-order valence-electron chi connectivity index (χ3n) is 2.96. The van der Waals surface area contributed by atoms with Crippen LogP contribution in [-0.2, 0) is 4.79 Å². The van der Waals surface area contributed by atoms with Crippen LogP contribution in [0.4, 0.5) is 11.4 Å². The minimum atomic E-state index is -0.243. The number of amides is 2. The number of fused-ring (bicyclic) bond motifs is 1. The van der Waals surface area contributed by atoms with Crippen LogP contribution < -0.4 is 10.6 Å². The van der Waals surface area contributed by atoms with E-state index in [9.17, 15) is 9.59 Å². The molecule has 1 aliphatic heterocycles. The molecule has 6 heteroatoms. The fourth-order valence-electron chi connectivity index (χ4n) is 1.99. The molecule has 21 heavy (non-hydrogen) atoms.